The summed E-state index contributed by atoms with van der Waals surface area (Å²) in [6, 6.07) is 4.88. The normalized spacial score (nSPS) is 16.6. The van der Waals surface area contributed by atoms with E-state index in [1.54, 1.807) is 4.90 Å². The van der Waals surface area contributed by atoms with Crippen molar-refractivity contribution >= 4 is 5.69 Å². The lowest BCUT2D eigenvalue weighted by Gasteiger charge is -2.18. The van der Waals surface area contributed by atoms with Gasteiger partial charge in [-0.05, 0) is 25.0 Å². The number of hydrogen-bond donors (Lipinski definition) is 0. The maximum absolute atomic E-state index is 13.2. The standard InChI is InChI=1S/C10H10F2N/c11-8-4-3-5-9(12)10(8)13-6-1-2-7-13/h3-4H,1-2,6-7H2. The molecule has 13 heavy (non-hydrogen) atoms. The summed E-state index contributed by atoms with van der Waals surface area (Å²) < 4.78 is 26.4. The van der Waals surface area contributed by atoms with Crippen molar-refractivity contribution in [1.82, 2.24) is 0 Å². The van der Waals surface area contributed by atoms with Crippen LogP contribution in [0.15, 0.2) is 12.1 Å². The highest BCUT2D eigenvalue weighted by Gasteiger charge is 2.19. The summed E-state index contributed by atoms with van der Waals surface area (Å²) in [5.41, 5.74) is 0.0833. The Morgan fingerprint density at radius 3 is 2.54 bits per heavy atom. The fourth-order valence-electron chi connectivity index (χ4n) is 1.67. The number of hydrogen-bond acceptors (Lipinski definition) is 1. The Labute approximate surface area is 76.0 Å². The summed E-state index contributed by atoms with van der Waals surface area (Å²) in [5.74, 6) is -1.07. The van der Waals surface area contributed by atoms with Crippen molar-refractivity contribution in [1.29, 1.82) is 0 Å². The van der Waals surface area contributed by atoms with E-state index in [0.29, 0.717) is 0 Å². The first-order chi connectivity index (χ1) is 6.29. The zero-order valence-corrected chi connectivity index (χ0v) is 7.19. The molecule has 1 radical (unpaired) electrons. The van der Waals surface area contributed by atoms with Crippen LogP contribution in [0.4, 0.5) is 14.5 Å². The minimum Gasteiger partial charge on any atom is -0.367 e. The van der Waals surface area contributed by atoms with Crippen molar-refractivity contribution in [3.63, 3.8) is 0 Å². The van der Waals surface area contributed by atoms with Gasteiger partial charge in [0.25, 0.3) is 0 Å². The Morgan fingerprint density at radius 1 is 1.23 bits per heavy atom. The Kier molecular flexibility index (Phi) is 2.17. The van der Waals surface area contributed by atoms with Gasteiger partial charge >= 0.3 is 0 Å². The lowest BCUT2D eigenvalue weighted by atomic mass is 10.2. The largest absolute Gasteiger partial charge is 0.367 e. The molecule has 1 aromatic rings. The van der Waals surface area contributed by atoms with Gasteiger partial charge in [0.2, 0.25) is 0 Å². The molecule has 1 fully saturated rings. The fraction of sp³-hybridized carbons (Fsp3) is 0.400. The topological polar surface area (TPSA) is 3.24 Å². The second-order valence-corrected chi connectivity index (χ2v) is 3.18. The summed E-state index contributed by atoms with van der Waals surface area (Å²) in [4.78, 5) is 1.74. The predicted octanol–water partition coefficient (Wildman–Crippen LogP) is 2.37. The highest BCUT2D eigenvalue weighted by molar-refractivity contribution is 5.49. The third-order valence-corrected chi connectivity index (χ3v) is 2.30. The summed E-state index contributed by atoms with van der Waals surface area (Å²) in [5, 5.41) is 0. The number of benzene rings is 1. The van der Waals surface area contributed by atoms with Gasteiger partial charge in [0.05, 0.1) is 0 Å². The maximum atomic E-state index is 13.2. The molecule has 0 aromatic heterocycles. The second-order valence-electron chi connectivity index (χ2n) is 3.18. The van der Waals surface area contributed by atoms with E-state index in [1.165, 1.54) is 12.1 Å². The predicted molar refractivity (Wildman–Crippen MR) is 46.6 cm³/mol. The minimum atomic E-state index is -0.582. The third-order valence-electron chi connectivity index (χ3n) is 2.30. The van der Waals surface area contributed by atoms with Crippen LogP contribution in [0, 0.1) is 17.7 Å². The number of rotatable bonds is 1. The molecule has 0 unspecified atom stereocenters. The highest BCUT2D eigenvalue weighted by Crippen LogP contribution is 2.25. The maximum Gasteiger partial charge on any atom is 0.157 e. The van der Waals surface area contributed by atoms with Crippen molar-refractivity contribution in [2.45, 2.75) is 12.8 Å². The van der Waals surface area contributed by atoms with E-state index >= 15 is 0 Å². The molecule has 0 amide bonds. The van der Waals surface area contributed by atoms with Crippen molar-refractivity contribution in [2.75, 3.05) is 18.0 Å². The van der Waals surface area contributed by atoms with Crippen molar-refractivity contribution in [3.05, 3.63) is 29.8 Å². The zero-order valence-electron chi connectivity index (χ0n) is 7.19. The third kappa shape index (κ3) is 1.50. The molecule has 1 aliphatic heterocycles. The van der Waals surface area contributed by atoms with E-state index in [2.05, 4.69) is 6.07 Å². The van der Waals surface area contributed by atoms with E-state index in [-0.39, 0.29) is 5.69 Å². The molecule has 0 bridgehead atoms. The van der Waals surface area contributed by atoms with Crippen LogP contribution in [0.5, 0.6) is 0 Å². The van der Waals surface area contributed by atoms with Gasteiger partial charge in [0, 0.05) is 19.2 Å². The molecule has 1 saturated heterocycles. The van der Waals surface area contributed by atoms with E-state index in [9.17, 15) is 8.78 Å². The van der Waals surface area contributed by atoms with Crippen LogP contribution in [-0.4, -0.2) is 13.1 Å². The van der Waals surface area contributed by atoms with Gasteiger partial charge in [-0.25, -0.2) is 8.78 Å². The Bertz CT molecular complexity index is 286. The van der Waals surface area contributed by atoms with Gasteiger partial charge in [0.15, 0.2) is 5.82 Å². The Balaban J connectivity index is 2.37. The first kappa shape index (κ1) is 8.48. The molecule has 69 valence electrons. The number of halogens is 2. The van der Waals surface area contributed by atoms with E-state index in [4.69, 9.17) is 0 Å². The molecule has 1 heterocycles. The summed E-state index contributed by atoms with van der Waals surface area (Å²) in [6.45, 7) is 1.48. The molecule has 0 N–H and O–H groups in total. The van der Waals surface area contributed by atoms with Gasteiger partial charge in [-0.3, -0.25) is 0 Å². The lowest BCUT2D eigenvalue weighted by molar-refractivity contribution is 0.576. The summed E-state index contributed by atoms with van der Waals surface area (Å²) >= 11 is 0. The average molecular weight is 182 g/mol. The highest BCUT2D eigenvalue weighted by atomic mass is 19.1. The SMILES string of the molecule is Fc1[c]ccc(F)c1N1CCCC1. The molecule has 0 saturated carbocycles. The minimum absolute atomic E-state index is 0.0833. The molecule has 1 aliphatic rings. The van der Waals surface area contributed by atoms with Gasteiger partial charge in [0.1, 0.15) is 11.5 Å². The fourth-order valence-corrected chi connectivity index (χ4v) is 1.67. The van der Waals surface area contributed by atoms with Crippen LogP contribution in [-0.2, 0) is 0 Å². The molecule has 1 aromatic carbocycles. The Morgan fingerprint density at radius 2 is 1.92 bits per heavy atom. The van der Waals surface area contributed by atoms with Crippen LogP contribution in [0.3, 0.4) is 0 Å². The van der Waals surface area contributed by atoms with Crippen LogP contribution in [0.2, 0.25) is 0 Å². The molecule has 0 atom stereocenters. The second kappa shape index (κ2) is 3.32. The monoisotopic (exact) mass is 182 g/mol. The molecule has 2 rings (SSSR count). The van der Waals surface area contributed by atoms with Crippen molar-refractivity contribution in [3.8, 4) is 0 Å². The molecule has 1 nitrogen and oxygen atoms in total. The van der Waals surface area contributed by atoms with Gasteiger partial charge in [-0.1, -0.05) is 0 Å². The van der Waals surface area contributed by atoms with Gasteiger partial charge < -0.3 is 4.90 Å². The quantitative estimate of drug-likeness (QED) is 0.644. The molecule has 3 heteroatoms. The summed E-state index contributed by atoms with van der Waals surface area (Å²) in [6.07, 6.45) is 2.02. The van der Waals surface area contributed by atoms with Crippen molar-refractivity contribution in [2.24, 2.45) is 0 Å². The molecule has 0 spiro atoms. The van der Waals surface area contributed by atoms with Crippen molar-refractivity contribution < 1.29 is 8.78 Å². The number of anilines is 1. The van der Waals surface area contributed by atoms with Gasteiger partial charge in [-0.15, -0.1) is 0 Å². The van der Waals surface area contributed by atoms with E-state index < -0.39 is 11.6 Å². The molecular weight excluding hydrogens is 172 g/mol. The smallest absolute Gasteiger partial charge is 0.157 e. The number of nitrogens with zero attached hydrogens (tertiary/aromatic N) is 1. The van der Waals surface area contributed by atoms with Crippen LogP contribution >= 0.6 is 0 Å². The van der Waals surface area contributed by atoms with E-state index in [1.807, 2.05) is 0 Å². The Hall–Kier alpha value is -1.12. The zero-order chi connectivity index (χ0) is 9.26. The average Bonchev–Trinajstić information content (AvgIpc) is 2.57. The van der Waals surface area contributed by atoms with Crippen LogP contribution in [0.1, 0.15) is 12.8 Å². The first-order valence-corrected chi connectivity index (χ1v) is 4.39. The van der Waals surface area contributed by atoms with Gasteiger partial charge in [-0.2, -0.15) is 0 Å². The molecular formula is C10H10F2N. The van der Waals surface area contributed by atoms with Crippen LogP contribution in [0.25, 0.3) is 0 Å². The lowest BCUT2D eigenvalue weighted by Crippen LogP contribution is -2.20. The van der Waals surface area contributed by atoms with E-state index in [0.717, 1.165) is 25.9 Å². The molecule has 0 aliphatic carbocycles. The summed E-state index contributed by atoms with van der Waals surface area (Å²) in [7, 11) is 0. The first-order valence-electron chi connectivity index (χ1n) is 4.39. The van der Waals surface area contributed by atoms with Crippen LogP contribution < -0.4 is 4.90 Å².